The first-order valence-corrected chi connectivity index (χ1v) is 11.5. The molecular formula is C26H25BrN4. The Morgan fingerprint density at radius 2 is 1.74 bits per heavy atom. The molecule has 4 aromatic rings. The number of fused-ring (bicyclic) bond motifs is 1. The number of piperazine rings is 1. The summed E-state index contributed by atoms with van der Waals surface area (Å²) < 4.78 is 1.03. The van der Waals surface area contributed by atoms with Gasteiger partial charge in [-0.05, 0) is 55.8 Å². The van der Waals surface area contributed by atoms with Crippen LogP contribution in [-0.2, 0) is 0 Å². The molecule has 0 spiro atoms. The van der Waals surface area contributed by atoms with Gasteiger partial charge in [-0.3, -0.25) is 0 Å². The van der Waals surface area contributed by atoms with Crippen molar-refractivity contribution in [3.05, 3.63) is 82.8 Å². The van der Waals surface area contributed by atoms with E-state index in [1.807, 2.05) is 18.2 Å². The monoisotopic (exact) mass is 472 g/mol. The van der Waals surface area contributed by atoms with Gasteiger partial charge in [0.2, 0.25) is 0 Å². The van der Waals surface area contributed by atoms with Crippen molar-refractivity contribution in [2.24, 2.45) is 0 Å². The molecule has 0 N–H and O–H groups in total. The molecule has 31 heavy (non-hydrogen) atoms. The van der Waals surface area contributed by atoms with Gasteiger partial charge in [-0.25, -0.2) is 9.97 Å². The molecule has 0 aliphatic carbocycles. The normalized spacial score (nSPS) is 16.7. The third-order valence-electron chi connectivity index (χ3n) is 5.93. The van der Waals surface area contributed by atoms with Gasteiger partial charge in [-0.1, -0.05) is 52.3 Å². The number of hydrogen-bond acceptors (Lipinski definition) is 4. The highest BCUT2D eigenvalue weighted by atomic mass is 79.9. The summed E-state index contributed by atoms with van der Waals surface area (Å²) in [5.41, 5.74) is 4.60. The predicted molar refractivity (Wildman–Crippen MR) is 133 cm³/mol. The molecule has 1 aliphatic rings. The van der Waals surface area contributed by atoms with Gasteiger partial charge < -0.3 is 9.80 Å². The third kappa shape index (κ3) is 4.02. The van der Waals surface area contributed by atoms with Crippen LogP contribution in [0.4, 0.5) is 11.5 Å². The Bertz CT molecular complexity index is 1240. The van der Waals surface area contributed by atoms with Gasteiger partial charge in [0.05, 0.1) is 5.52 Å². The molecule has 1 aromatic heterocycles. The largest absolute Gasteiger partial charge is 0.365 e. The molecule has 5 heteroatoms. The molecule has 0 radical (unpaired) electrons. The maximum Gasteiger partial charge on any atom is 0.162 e. The van der Waals surface area contributed by atoms with Gasteiger partial charge in [-0.2, -0.15) is 0 Å². The van der Waals surface area contributed by atoms with E-state index in [0.29, 0.717) is 6.04 Å². The first-order valence-electron chi connectivity index (χ1n) is 10.7. The van der Waals surface area contributed by atoms with E-state index in [9.17, 15) is 0 Å². The quantitative estimate of drug-likeness (QED) is 0.361. The van der Waals surface area contributed by atoms with Crippen LogP contribution >= 0.6 is 15.9 Å². The number of anilines is 2. The number of aromatic nitrogens is 2. The third-order valence-corrected chi connectivity index (χ3v) is 6.42. The summed E-state index contributed by atoms with van der Waals surface area (Å²) in [6, 6.07) is 25.7. The molecule has 0 saturated carbocycles. The fraction of sp³-hybridized carbons (Fsp3) is 0.231. The van der Waals surface area contributed by atoms with Crippen molar-refractivity contribution >= 4 is 38.3 Å². The van der Waals surface area contributed by atoms with Crippen LogP contribution in [0.5, 0.6) is 0 Å². The summed E-state index contributed by atoms with van der Waals surface area (Å²) in [6.07, 6.45) is 0. The lowest BCUT2D eigenvalue weighted by molar-refractivity contribution is 0.548. The summed E-state index contributed by atoms with van der Waals surface area (Å²) in [7, 11) is 0. The second-order valence-corrected chi connectivity index (χ2v) is 9.14. The van der Waals surface area contributed by atoms with Crippen LogP contribution in [0.2, 0.25) is 0 Å². The minimum atomic E-state index is 0.388. The van der Waals surface area contributed by atoms with Crippen LogP contribution in [0.3, 0.4) is 0 Å². The average Bonchev–Trinajstić information content (AvgIpc) is 2.78. The molecule has 1 aliphatic heterocycles. The number of nitrogens with zero attached hydrogens (tertiary/aromatic N) is 4. The topological polar surface area (TPSA) is 32.3 Å². The van der Waals surface area contributed by atoms with Gasteiger partial charge in [0, 0.05) is 46.8 Å². The molecule has 0 amide bonds. The lowest BCUT2D eigenvalue weighted by atomic mass is 10.1. The molecule has 5 rings (SSSR count). The lowest BCUT2D eigenvalue weighted by Gasteiger charge is -2.42. The van der Waals surface area contributed by atoms with Crippen LogP contribution < -0.4 is 9.80 Å². The van der Waals surface area contributed by atoms with E-state index < -0.39 is 0 Å². The number of rotatable bonds is 3. The van der Waals surface area contributed by atoms with Crippen molar-refractivity contribution < 1.29 is 0 Å². The summed E-state index contributed by atoms with van der Waals surface area (Å²) in [5.74, 6) is 1.79. The number of hydrogen-bond donors (Lipinski definition) is 0. The highest BCUT2D eigenvalue weighted by Gasteiger charge is 2.26. The number of para-hydroxylation sites is 1. The zero-order valence-electron chi connectivity index (χ0n) is 17.8. The maximum absolute atomic E-state index is 5.06. The molecule has 1 saturated heterocycles. The van der Waals surface area contributed by atoms with Gasteiger partial charge in [0.25, 0.3) is 0 Å². The Balaban J connectivity index is 1.51. The predicted octanol–water partition coefficient (Wildman–Crippen LogP) is 6.08. The maximum atomic E-state index is 5.06. The molecular weight excluding hydrogens is 448 g/mol. The molecule has 156 valence electrons. The molecule has 0 bridgehead atoms. The first-order chi connectivity index (χ1) is 15.1. The second-order valence-electron chi connectivity index (χ2n) is 8.23. The van der Waals surface area contributed by atoms with Gasteiger partial charge >= 0.3 is 0 Å². The van der Waals surface area contributed by atoms with Crippen LogP contribution in [0.15, 0.2) is 77.3 Å². The van der Waals surface area contributed by atoms with Crippen molar-refractivity contribution in [1.82, 2.24) is 9.97 Å². The van der Waals surface area contributed by atoms with Crippen molar-refractivity contribution in [1.29, 1.82) is 0 Å². The highest BCUT2D eigenvalue weighted by molar-refractivity contribution is 9.10. The summed E-state index contributed by atoms with van der Waals surface area (Å²) in [6.45, 7) is 7.27. The van der Waals surface area contributed by atoms with E-state index in [1.54, 1.807) is 0 Å². The second kappa shape index (κ2) is 8.31. The molecule has 1 unspecified atom stereocenters. The van der Waals surface area contributed by atoms with E-state index in [1.165, 1.54) is 11.3 Å². The van der Waals surface area contributed by atoms with Crippen molar-refractivity contribution in [3.63, 3.8) is 0 Å². The summed E-state index contributed by atoms with van der Waals surface area (Å²) in [5, 5.41) is 1.11. The number of aryl methyl sites for hydroxylation is 1. The SMILES string of the molecule is Cc1cccc(N2CCN(c3nc(-c4cccc(Br)c4)nc4ccccc34)CC2C)c1. The number of benzene rings is 3. The van der Waals surface area contributed by atoms with E-state index in [4.69, 9.17) is 9.97 Å². The number of halogens is 1. The van der Waals surface area contributed by atoms with Gasteiger partial charge in [-0.15, -0.1) is 0 Å². The molecule has 4 nitrogen and oxygen atoms in total. The van der Waals surface area contributed by atoms with Gasteiger partial charge in [0.15, 0.2) is 5.82 Å². The standard InChI is InChI=1S/C26H25BrN4/c1-18-7-5-10-22(15-18)31-14-13-30(17-19(31)2)26-23-11-3-4-12-24(23)28-25(29-26)20-8-6-9-21(27)16-20/h3-12,15-16,19H,13-14,17H2,1-2H3. The minimum absolute atomic E-state index is 0.388. The summed E-state index contributed by atoms with van der Waals surface area (Å²) >= 11 is 3.57. The smallest absolute Gasteiger partial charge is 0.162 e. The molecule has 2 heterocycles. The van der Waals surface area contributed by atoms with E-state index in [-0.39, 0.29) is 0 Å². The van der Waals surface area contributed by atoms with Crippen molar-refractivity contribution in [3.8, 4) is 11.4 Å². The molecule has 1 atom stereocenters. The minimum Gasteiger partial charge on any atom is -0.365 e. The Morgan fingerprint density at radius 1 is 0.903 bits per heavy atom. The molecule has 3 aromatic carbocycles. The Morgan fingerprint density at radius 3 is 2.55 bits per heavy atom. The fourth-order valence-corrected chi connectivity index (χ4v) is 4.80. The van der Waals surface area contributed by atoms with Crippen molar-refractivity contribution in [2.75, 3.05) is 29.4 Å². The van der Waals surface area contributed by atoms with E-state index in [0.717, 1.165) is 52.2 Å². The highest BCUT2D eigenvalue weighted by Crippen LogP contribution is 2.31. The van der Waals surface area contributed by atoms with Crippen LogP contribution in [0.1, 0.15) is 12.5 Å². The zero-order valence-corrected chi connectivity index (χ0v) is 19.4. The van der Waals surface area contributed by atoms with Crippen molar-refractivity contribution in [2.45, 2.75) is 19.9 Å². The first kappa shape index (κ1) is 20.0. The fourth-order valence-electron chi connectivity index (χ4n) is 4.40. The van der Waals surface area contributed by atoms with E-state index in [2.05, 4.69) is 94.2 Å². The van der Waals surface area contributed by atoms with Gasteiger partial charge in [0.1, 0.15) is 5.82 Å². The van der Waals surface area contributed by atoms with Crippen LogP contribution in [-0.4, -0.2) is 35.6 Å². The Kier molecular flexibility index (Phi) is 5.36. The molecule has 1 fully saturated rings. The van der Waals surface area contributed by atoms with Crippen LogP contribution in [0.25, 0.3) is 22.3 Å². The summed E-state index contributed by atoms with van der Waals surface area (Å²) in [4.78, 5) is 14.8. The zero-order chi connectivity index (χ0) is 21.4. The van der Waals surface area contributed by atoms with Crippen LogP contribution in [0, 0.1) is 6.92 Å². The lowest BCUT2D eigenvalue weighted by Crippen LogP contribution is -2.52. The Hall–Kier alpha value is -2.92. The average molecular weight is 473 g/mol. The van der Waals surface area contributed by atoms with E-state index >= 15 is 0 Å². The Labute approximate surface area is 191 Å².